The summed E-state index contributed by atoms with van der Waals surface area (Å²) in [5.74, 6) is -0.0351. The first-order chi connectivity index (χ1) is 9.06. The molecule has 0 aromatic heterocycles. The van der Waals surface area contributed by atoms with Crippen molar-refractivity contribution in [3.63, 3.8) is 0 Å². The first-order valence-corrected chi connectivity index (χ1v) is 5.26. The summed E-state index contributed by atoms with van der Waals surface area (Å²) < 4.78 is 14.7. The number of methoxy groups -OCH3 is 2. The third-order valence-corrected chi connectivity index (χ3v) is 2.06. The van der Waals surface area contributed by atoms with Crippen molar-refractivity contribution in [3.05, 3.63) is 40.1 Å². The summed E-state index contributed by atoms with van der Waals surface area (Å²) in [5.41, 5.74) is 0.556. The molecule has 0 aliphatic heterocycles. The van der Waals surface area contributed by atoms with E-state index in [1.165, 1.54) is 32.4 Å². The highest BCUT2D eigenvalue weighted by Gasteiger charge is 2.10. The third kappa shape index (κ3) is 4.76. The zero-order valence-electron chi connectivity index (χ0n) is 10.5. The number of nitro groups is 1. The second kappa shape index (κ2) is 7.12. The Hall–Kier alpha value is -2.41. The van der Waals surface area contributed by atoms with Gasteiger partial charge in [0.2, 0.25) is 6.20 Å². The van der Waals surface area contributed by atoms with E-state index < -0.39 is 10.9 Å². The summed E-state index contributed by atoms with van der Waals surface area (Å²) in [4.78, 5) is 20.9. The molecule has 0 bridgehead atoms. The first kappa shape index (κ1) is 14.7. The fourth-order valence-corrected chi connectivity index (χ4v) is 1.29. The lowest BCUT2D eigenvalue weighted by atomic mass is 10.2. The zero-order chi connectivity index (χ0) is 14.3. The van der Waals surface area contributed by atoms with Gasteiger partial charge in [0.25, 0.3) is 0 Å². The van der Waals surface area contributed by atoms with E-state index in [1.54, 1.807) is 6.07 Å². The summed E-state index contributed by atoms with van der Waals surface area (Å²) in [6, 6.07) is 4.58. The van der Waals surface area contributed by atoms with Crippen LogP contribution < -0.4 is 9.47 Å². The highest BCUT2D eigenvalue weighted by Crippen LogP contribution is 2.28. The van der Waals surface area contributed by atoms with Crippen LogP contribution in [0.1, 0.15) is 5.56 Å². The van der Waals surface area contributed by atoms with E-state index >= 15 is 0 Å². The van der Waals surface area contributed by atoms with Gasteiger partial charge in [-0.05, 0) is 17.7 Å². The van der Waals surface area contributed by atoms with E-state index in [9.17, 15) is 14.9 Å². The van der Waals surface area contributed by atoms with Crippen molar-refractivity contribution in [3.8, 4) is 11.5 Å². The second-order valence-electron chi connectivity index (χ2n) is 3.42. The number of carbonyl (C=O) groups is 1. The number of nitrogens with zero attached hydrogens (tertiary/aromatic N) is 1. The molecular weight excluding hydrogens is 254 g/mol. The fraction of sp³-hybridized carbons (Fsp3) is 0.250. The number of hydrogen-bond donors (Lipinski definition) is 0. The van der Waals surface area contributed by atoms with E-state index in [0.29, 0.717) is 11.3 Å². The molecule has 0 unspecified atom stereocenters. The number of ether oxygens (including phenoxy) is 3. The number of esters is 1. The van der Waals surface area contributed by atoms with Gasteiger partial charge in [0.15, 0.2) is 11.5 Å². The lowest BCUT2D eigenvalue weighted by Gasteiger charge is -2.09. The number of benzene rings is 1. The molecule has 0 spiro atoms. The number of rotatable bonds is 6. The van der Waals surface area contributed by atoms with Crippen LogP contribution in [0.2, 0.25) is 0 Å². The van der Waals surface area contributed by atoms with Crippen LogP contribution in [-0.2, 0) is 9.53 Å². The minimum Gasteiger partial charge on any atom is -0.493 e. The molecular formula is C12H13NO6. The highest BCUT2D eigenvalue weighted by molar-refractivity contribution is 5.74. The average molecular weight is 267 g/mol. The van der Waals surface area contributed by atoms with Crippen molar-refractivity contribution in [2.75, 3.05) is 20.8 Å². The molecule has 0 radical (unpaired) electrons. The minimum atomic E-state index is -0.570. The molecule has 7 heteroatoms. The maximum absolute atomic E-state index is 11.3. The van der Waals surface area contributed by atoms with Crippen molar-refractivity contribution < 1.29 is 23.9 Å². The maximum atomic E-state index is 11.3. The van der Waals surface area contributed by atoms with Crippen molar-refractivity contribution in [2.45, 2.75) is 0 Å². The summed E-state index contributed by atoms with van der Waals surface area (Å²) in [7, 11) is 2.79. The van der Waals surface area contributed by atoms with Gasteiger partial charge >= 0.3 is 5.97 Å². The Morgan fingerprint density at radius 1 is 1.37 bits per heavy atom. The Labute approximate surface area is 109 Å². The molecule has 1 aromatic carbocycles. The Kier molecular flexibility index (Phi) is 5.49. The van der Waals surface area contributed by atoms with Gasteiger partial charge in [0, 0.05) is 13.2 Å². The molecule has 19 heavy (non-hydrogen) atoms. The lowest BCUT2D eigenvalue weighted by molar-refractivity contribution is -0.400. The quantitative estimate of drug-likeness (QED) is 0.336. The first-order valence-electron chi connectivity index (χ1n) is 5.26. The molecule has 102 valence electrons. The van der Waals surface area contributed by atoms with Gasteiger partial charge in [-0.1, -0.05) is 6.07 Å². The normalized spacial score (nSPS) is 10.4. The predicted molar refractivity (Wildman–Crippen MR) is 66.5 cm³/mol. The van der Waals surface area contributed by atoms with Gasteiger partial charge < -0.3 is 14.2 Å². The molecule has 0 fully saturated rings. The summed E-state index contributed by atoms with van der Waals surface area (Å²) in [5, 5.41) is 10.2. The van der Waals surface area contributed by atoms with Gasteiger partial charge in [0.1, 0.15) is 6.61 Å². The summed E-state index contributed by atoms with van der Waals surface area (Å²) in [6.07, 6.45) is 2.12. The molecule has 0 atom stereocenters. The van der Waals surface area contributed by atoms with Crippen LogP contribution in [0.5, 0.6) is 11.5 Å². The molecule has 0 heterocycles. The molecule has 0 aliphatic rings. The molecule has 0 saturated carbocycles. The van der Waals surface area contributed by atoms with Gasteiger partial charge in [-0.2, -0.15) is 0 Å². The zero-order valence-corrected chi connectivity index (χ0v) is 10.5. The molecule has 7 nitrogen and oxygen atoms in total. The van der Waals surface area contributed by atoms with E-state index in [1.807, 2.05) is 0 Å². The van der Waals surface area contributed by atoms with Crippen LogP contribution in [0, 0.1) is 10.1 Å². The molecule has 0 aliphatic carbocycles. The fourth-order valence-electron chi connectivity index (χ4n) is 1.29. The van der Waals surface area contributed by atoms with Gasteiger partial charge in [0.05, 0.1) is 12.0 Å². The number of carbonyl (C=O) groups excluding carboxylic acids is 1. The van der Waals surface area contributed by atoms with Gasteiger partial charge in [-0.3, -0.25) is 10.1 Å². The Morgan fingerprint density at radius 3 is 2.68 bits per heavy atom. The van der Waals surface area contributed by atoms with E-state index in [4.69, 9.17) is 9.47 Å². The molecule has 0 saturated heterocycles. The standard InChI is InChI=1S/C12H13NO6/c1-17-8-12(14)19-10-4-3-9(5-6-13(15)16)7-11(10)18-2/h3-7H,8H2,1-2H3. The molecule has 1 aromatic rings. The summed E-state index contributed by atoms with van der Waals surface area (Å²) in [6.45, 7) is -0.174. The Bertz CT molecular complexity index is 497. The van der Waals surface area contributed by atoms with Crippen molar-refractivity contribution >= 4 is 12.0 Å². The lowest BCUT2D eigenvalue weighted by Crippen LogP contribution is -2.14. The molecule has 0 N–H and O–H groups in total. The smallest absolute Gasteiger partial charge is 0.337 e. The van der Waals surface area contributed by atoms with E-state index in [2.05, 4.69) is 4.74 Å². The van der Waals surface area contributed by atoms with Crippen LogP contribution in [0.25, 0.3) is 6.08 Å². The van der Waals surface area contributed by atoms with Crippen molar-refractivity contribution in [2.24, 2.45) is 0 Å². The van der Waals surface area contributed by atoms with Crippen LogP contribution >= 0.6 is 0 Å². The van der Waals surface area contributed by atoms with Crippen LogP contribution in [-0.4, -0.2) is 31.7 Å². The van der Waals surface area contributed by atoms with Crippen LogP contribution in [0.4, 0.5) is 0 Å². The highest BCUT2D eigenvalue weighted by atomic mass is 16.6. The van der Waals surface area contributed by atoms with Gasteiger partial charge in [-0.25, -0.2) is 4.79 Å². The van der Waals surface area contributed by atoms with Crippen molar-refractivity contribution in [1.29, 1.82) is 0 Å². The average Bonchev–Trinajstić information content (AvgIpc) is 2.37. The minimum absolute atomic E-state index is 0.174. The summed E-state index contributed by atoms with van der Waals surface area (Å²) >= 11 is 0. The molecule has 0 amide bonds. The SMILES string of the molecule is COCC(=O)Oc1ccc(C=C[N+](=O)[O-])cc1OC. The number of hydrogen-bond acceptors (Lipinski definition) is 6. The van der Waals surface area contributed by atoms with E-state index in [0.717, 1.165) is 6.20 Å². The largest absolute Gasteiger partial charge is 0.493 e. The maximum Gasteiger partial charge on any atom is 0.337 e. The Balaban J connectivity index is 2.90. The van der Waals surface area contributed by atoms with E-state index in [-0.39, 0.29) is 12.4 Å². The van der Waals surface area contributed by atoms with Crippen molar-refractivity contribution in [1.82, 2.24) is 0 Å². The predicted octanol–water partition coefficient (Wildman–Crippen LogP) is 1.49. The van der Waals surface area contributed by atoms with Gasteiger partial charge in [-0.15, -0.1) is 0 Å². The monoisotopic (exact) mass is 267 g/mol. The van der Waals surface area contributed by atoms with Crippen LogP contribution in [0.3, 0.4) is 0 Å². The molecule has 1 rings (SSSR count). The second-order valence-corrected chi connectivity index (χ2v) is 3.42. The van der Waals surface area contributed by atoms with Crippen LogP contribution in [0.15, 0.2) is 24.4 Å². The Morgan fingerprint density at radius 2 is 2.11 bits per heavy atom. The third-order valence-electron chi connectivity index (χ3n) is 2.06. The topological polar surface area (TPSA) is 87.9 Å².